The van der Waals surface area contributed by atoms with E-state index in [-0.39, 0.29) is 23.6 Å². The van der Waals surface area contributed by atoms with Crippen LogP contribution in [0.2, 0.25) is 0 Å². The minimum atomic E-state index is -4.43. The summed E-state index contributed by atoms with van der Waals surface area (Å²) in [6, 6.07) is 13.5. The van der Waals surface area contributed by atoms with Crippen LogP contribution in [0.5, 0.6) is 5.75 Å². The zero-order valence-electron chi connectivity index (χ0n) is 16.3. The van der Waals surface area contributed by atoms with Crippen LogP contribution in [0.3, 0.4) is 0 Å². The van der Waals surface area contributed by atoms with Crippen molar-refractivity contribution in [1.29, 1.82) is 0 Å². The molecule has 8 heteroatoms. The zero-order valence-corrected chi connectivity index (χ0v) is 16.3. The van der Waals surface area contributed by atoms with E-state index < -0.39 is 23.4 Å². The first kappa shape index (κ1) is 20.8. The summed E-state index contributed by atoms with van der Waals surface area (Å²) in [4.78, 5) is 7.37. The molecule has 1 unspecified atom stereocenters. The first-order chi connectivity index (χ1) is 14.7. The van der Waals surface area contributed by atoms with Crippen LogP contribution in [-0.4, -0.2) is 9.97 Å². The molecular formula is C23H17F5N2O. The van der Waals surface area contributed by atoms with Crippen molar-refractivity contribution in [1.82, 2.24) is 9.97 Å². The predicted octanol–water partition coefficient (Wildman–Crippen LogP) is 6.59. The summed E-state index contributed by atoms with van der Waals surface area (Å²) in [5.74, 6) is -0.303. The smallest absolute Gasteiger partial charge is 0.416 e. The number of ether oxygens (including phenoxy) is 1. The number of hydrogen-bond donors (Lipinski definition) is 1. The number of rotatable bonds is 5. The average Bonchev–Trinajstić information content (AvgIpc) is 3.17. The number of H-pyrrole nitrogens is 1. The number of alkyl halides is 3. The highest BCUT2D eigenvalue weighted by molar-refractivity contribution is 5.76. The number of halogens is 5. The van der Waals surface area contributed by atoms with Crippen molar-refractivity contribution in [3.05, 3.63) is 94.8 Å². The van der Waals surface area contributed by atoms with Gasteiger partial charge in [-0.15, -0.1) is 0 Å². The molecule has 1 aromatic heterocycles. The number of nitrogens with zero attached hydrogens (tertiary/aromatic N) is 1. The number of fused-ring (bicyclic) bond motifs is 1. The topological polar surface area (TPSA) is 37.9 Å². The second-order valence-electron chi connectivity index (χ2n) is 7.17. The molecule has 0 aliphatic heterocycles. The van der Waals surface area contributed by atoms with Crippen LogP contribution in [-0.2, 0) is 12.8 Å². The molecule has 0 aliphatic rings. The van der Waals surface area contributed by atoms with Crippen LogP contribution >= 0.6 is 0 Å². The lowest BCUT2D eigenvalue weighted by molar-refractivity contribution is -0.137. The third kappa shape index (κ3) is 4.52. The second-order valence-corrected chi connectivity index (χ2v) is 7.17. The van der Waals surface area contributed by atoms with Gasteiger partial charge in [-0.1, -0.05) is 19.1 Å². The van der Waals surface area contributed by atoms with E-state index in [1.807, 2.05) is 6.92 Å². The van der Waals surface area contributed by atoms with Crippen molar-refractivity contribution in [2.45, 2.75) is 25.6 Å². The molecule has 1 N–H and O–H groups in total. The van der Waals surface area contributed by atoms with Gasteiger partial charge in [0.15, 0.2) is 0 Å². The van der Waals surface area contributed by atoms with Gasteiger partial charge in [0.05, 0.1) is 16.6 Å². The van der Waals surface area contributed by atoms with E-state index in [9.17, 15) is 22.0 Å². The lowest BCUT2D eigenvalue weighted by Crippen LogP contribution is -2.04. The largest absolute Gasteiger partial charge is 0.489 e. The van der Waals surface area contributed by atoms with Crippen molar-refractivity contribution < 1.29 is 26.7 Å². The van der Waals surface area contributed by atoms with Crippen molar-refractivity contribution in [3.63, 3.8) is 0 Å². The molecule has 1 heterocycles. The highest BCUT2D eigenvalue weighted by atomic mass is 19.4. The van der Waals surface area contributed by atoms with Gasteiger partial charge in [0.25, 0.3) is 0 Å². The van der Waals surface area contributed by atoms with Gasteiger partial charge in [-0.25, -0.2) is 13.8 Å². The van der Waals surface area contributed by atoms with Crippen LogP contribution in [0.25, 0.3) is 11.0 Å². The Morgan fingerprint density at radius 2 is 1.71 bits per heavy atom. The Balaban J connectivity index is 1.49. The number of nitrogens with one attached hydrogen (secondary N) is 1. The lowest BCUT2D eigenvalue weighted by Gasteiger charge is -2.11. The van der Waals surface area contributed by atoms with Gasteiger partial charge in [-0.05, 0) is 54.1 Å². The summed E-state index contributed by atoms with van der Waals surface area (Å²) in [5.41, 5.74) is 0.986. The van der Waals surface area contributed by atoms with Crippen molar-refractivity contribution >= 4 is 11.0 Å². The third-order valence-electron chi connectivity index (χ3n) is 5.02. The average molecular weight is 432 g/mol. The van der Waals surface area contributed by atoms with Gasteiger partial charge in [-0.3, -0.25) is 0 Å². The van der Waals surface area contributed by atoms with Crippen LogP contribution in [0, 0.1) is 11.6 Å². The molecule has 0 aliphatic carbocycles. The minimum Gasteiger partial charge on any atom is -0.489 e. The molecule has 0 fully saturated rings. The monoisotopic (exact) mass is 432 g/mol. The normalized spacial score (nSPS) is 12.8. The molecule has 3 aromatic carbocycles. The summed E-state index contributed by atoms with van der Waals surface area (Å²) in [7, 11) is 0. The Bertz CT molecular complexity index is 1220. The lowest BCUT2D eigenvalue weighted by atomic mass is 10.0. The van der Waals surface area contributed by atoms with Crippen LogP contribution in [0.4, 0.5) is 22.0 Å². The molecule has 3 nitrogen and oxygen atoms in total. The molecule has 1 atom stereocenters. The highest BCUT2D eigenvalue weighted by Gasteiger charge is 2.30. The van der Waals surface area contributed by atoms with E-state index in [1.54, 1.807) is 24.3 Å². The molecule has 0 bridgehead atoms. The fourth-order valence-corrected chi connectivity index (χ4v) is 3.23. The molecule has 0 amide bonds. The first-order valence-electron chi connectivity index (χ1n) is 9.44. The Kier molecular flexibility index (Phi) is 5.39. The van der Waals surface area contributed by atoms with Gasteiger partial charge in [0.2, 0.25) is 0 Å². The van der Waals surface area contributed by atoms with Crippen molar-refractivity contribution in [3.8, 4) is 5.75 Å². The Labute approximate surface area is 174 Å². The number of benzene rings is 3. The highest BCUT2D eigenvalue weighted by Crippen LogP contribution is 2.32. The van der Waals surface area contributed by atoms with E-state index >= 15 is 0 Å². The van der Waals surface area contributed by atoms with Crippen molar-refractivity contribution in [2.75, 3.05) is 0 Å². The fraction of sp³-hybridized carbons (Fsp3) is 0.174. The van der Waals surface area contributed by atoms with E-state index in [0.29, 0.717) is 17.1 Å². The Morgan fingerprint density at radius 3 is 2.42 bits per heavy atom. The molecule has 160 valence electrons. The third-order valence-corrected chi connectivity index (χ3v) is 5.02. The number of hydrogen-bond acceptors (Lipinski definition) is 2. The summed E-state index contributed by atoms with van der Waals surface area (Å²) in [5, 5.41) is 0. The molecule has 4 aromatic rings. The minimum absolute atomic E-state index is 0.109. The standard InChI is InChI=1S/C23H17F5N2O/c1-13(22-29-20-9-4-16(23(26,27)28)11-21(20)30-22)14-2-6-18(7-3-14)31-12-15-10-17(24)5-8-19(15)25/h2-11,13H,12H2,1H3,(H,29,30). The van der Waals surface area contributed by atoms with Gasteiger partial charge >= 0.3 is 6.18 Å². The maximum atomic E-state index is 13.7. The van der Waals surface area contributed by atoms with Gasteiger partial charge in [0, 0.05) is 11.5 Å². The quantitative estimate of drug-likeness (QED) is 0.361. The summed E-state index contributed by atoms with van der Waals surface area (Å²) < 4.78 is 71.2. The molecule has 31 heavy (non-hydrogen) atoms. The first-order valence-corrected chi connectivity index (χ1v) is 9.44. The zero-order chi connectivity index (χ0) is 22.2. The van der Waals surface area contributed by atoms with E-state index in [2.05, 4.69) is 9.97 Å². The molecule has 0 saturated heterocycles. The fourth-order valence-electron chi connectivity index (χ4n) is 3.23. The number of imidazole rings is 1. The summed E-state index contributed by atoms with van der Waals surface area (Å²) in [6.45, 7) is 1.75. The molecule has 0 saturated carbocycles. The summed E-state index contributed by atoms with van der Waals surface area (Å²) >= 11 is 0. The molecule has 0 radical (unpaired) electrons. The van der Waals surface area contributed by atoms with E-state index in [1.165, 1.54) is 6.07 Å². The molecular weight excluding hydrogens is 415 g/mol. The summed E-state index contributed by atoms with van der Waals surface area (Å²) in [6.07, 6.45) is -4.43. The maximum Gasteiger partial charge on any atom is 0.416 e. The van der Waals surface area contributed by atoms with Gasteiger partial charge in [-0.2, -0.15) is 13.2 Å². The molecule has 0 spiro atoms. The van der Waals surface area contributed by atoms with Gasteiger partial charge in [0.1, 0.15) is 29.8 Å². The number of aromatic nitrogens is 2. The van der Waals surface area contributed by atoms with Gasteiger partial charge < -0.3 is 9.72 Å². The number of aromatic amines is 1. The molecule has 4 rings (SSSR count). The Morgan fingerprint density at radius 1 is 0.968 bits per heavy atom. The van der Waals surface area contributed by atoms with Crippen LogP contribution in [0.15, 0.2) is 60.7 Å². The van der Waals surface area contributed by atoms with Crippen LogP contribution in [0.1, 0.15) is 35.4 Å². The predicted molar refractivity (Wildman–Crippen MR) is 106 cm³/mol. The van der Waals surface area contributed by atoms with Crippen LogP contribution < -0.4 is 4.74 Å². The second kappa shape index (κ2) is 8.02. The van der Waals surface area contributed by atoms with E-state index in [4.69, 9.17) is 4.74 Å². The Hall–Kier alpha value is -3.42. The van der Waals surface area contributed by atoms with Crippen molar-refractivity contribution in [2.24, 2.45) is 0 Å². The SMILES string of the molecule is CC(c1ccc(OCc2cc(F)ccc2F)cc1)c1nc2cc(C(F)(F)F)ccc2[nH]1. The maximum absolute atomic E-state index is 13.7. The van der Waals surface area contributed by atoms with E-state index in [0.717, 1.165) is 35.9 Å².